The van der Waals surface area contributed by atoms with Gasteiger partial charge in [0.25, 0.3) is 0 Å². The lowest BCUT2D eigenvalue weighted by molar-refractivity contribution is -0.114. The quantitative estimate of drug-likeness (QED) is 0.786. The highest BCUT2D eigenvalue weighted by Crippen LogP contribution is 2.37. The van der Waals surface area contributed by atoms with E-state index in [2.05, 4.69) is 15.6 Å². The predicted octanol–water partition coefficient (Wildman–Crippen LogP) is 2.69. The van der Waals surface area contributed by atoms with Crippen LogP contribution in [0.2, 0.25) is 0 Å². The van der Waals surface area contributed by atoms with Crippen LogP contribution in [-0.2, 0) is 18.8 Å². The van der Waals surface area contributed by atoms with E-state index >= 15 is 0 Å². The SMILES string of the molecule is CC(=O)Nc1cc(NC(=O)OC(C)(C)C)c(B2OC(C)(C)C(C)(C)O2)cn1. The molecule has 0 radical (unpaired) electrons. The average molecular weight is 377 g/mol. The number of amides is 2. The van der Waals surface area contributed by atoms with Crippen molar-refractivity contribution in [3.8, 4) is 0 Å². The van der Waals surface area contributed by atoms with Gasteiger partial charge >= 0.3 is 13.2 Å². The predicted molar refractivity (Wildman–Crippen MR) is 104 cm³/mol. The first-order chi connectivity index (χ1) is 12.2. The van der Waals surface area contributed by atoms with Gasteiger partial charge in [0.05, 0.1) is 11.2 Å². The van der Waals surface area contributed by atoms with Gasteiger partial charge in [-0.1, -0.05) is 0 Å². The van der Waals surface area contributed by atoms with Crippen LogP contribution in [0.5, 0.6) is 0 Å². The van der Waals surface area contributed by atoms with E-state index in [1.54, 1.807) is 26.8 Å². The number of nitrogens with one attached hydrogen (secondary N) is 2. The molecular formula is C18H28BN3O5. The van der Waals surface area contributed by atoms with Gasteiger partial charge in [-0.2, -0.15) is 0 Å². The molecule has 1 saturated heterocycles. The van der Waals surface area contributed by atoms with Gasteiger partial charge in [-0.15, -0.1) is 0 Å². The number of anilines is 2. The zero-order valence-electron chi connectivity index (χ0n) is 17.2. The number of nitrogens with zero attached hydrogens (tertiary/aromatic N) is 1. The number of hydrogen-bond acceptors (Lipinski definition) is 6. The van der Waals surface area contributed by atoms with E-state index in [4.69, 9.17) is 14.0 Å². The van der Waals surface area contributed by atoms with Crippen molar-refractivity contribution in [2.45, 2.75) is 72.2 Å². The second-order valence-corrected chi connectivity index (χ2v) is 8.55. The van der Waals surface area contributed by atoms with Crippen LogP contribution in [0, 0.1) is 0 Å². The number of aromatic nitrogens is 1. The van der Waals surface area contributed by atoms with E-state index < -0.39 is 30.0 Å². The zero-order valence-corrected chi connectivity index (χ0v) is 17.2. The molecule has 2 rings (SSSR count). The molecule has 2 heterocycles. The summed E-state index contributed by atoms with van der Waals surface area (Å²) in [7, 11) is -0.723. The third kappa shape index (κ3) is 5.20. The van der Waals surface area contributed by atoms with Crippen LogP contribution in [0.25, 0.3) is 0 Å². The van der Waals surface area contributed by atoms with Crippen molar-refractivity contribution < 1.29 is 23.6 Å². The maximum Gasteiger partial charge on any atom is 0.498 e. The molecule has 0 saturated carbocycles. The fraction of sp³-hybridized carbons (Fsp3) is 0.611. The average Bonchev–Trinajstić information content (AvgIpc) is 2.64. The third-order valence-corrected chi connectivity index (χ3v) is 4.38. The number of rotatable bonds is 3. The van der Waals surface area contributed by atoms with Crippen molar-refractivity contribution in [1.82, 2.24) is 4.98 Å². The first kappa shape index (κ1) is 21.2. The summed E-state index contributed by atoms with van der Waals surface area (Å²) in [6.07, 6.45) is 0.889. The molecule has 9 heteroatoms. The highest BCUT2D eigenvalue weighted by Gasteiger charge is 2.52. The Bertz CT molecular complexity index is 727. The number of ether oxygens (including phenoxy) is 1. The summed E-state index contributed by atoms with van der Waals surface area (Å²) in [6, 6.07) is 1.55. The second-order valence-electron chi connectivity index (χ2n) is 8.55. The highest BCUT2D eigenvalue weighted by atomic mass is 16.7. The molecule has 1 fully saturated rings. The second kappa shape index (κ2) is 7.12. The van der Waals surface area contributed by atoms with E-state index in [0.717, 1.165) is 0 Å². The topological polar surface area (TPSA) is 98.8 Å². The maximum absolute atomic E-state index is 12.3. The van der Waals surface area contributed by atoms with Crippen LogP contribution in [0.3, 0.4) is 0 Å². The van der Waals surface area contributed by atoms with Gasteiger partial charge in [0.2, 0.25) is 5.91 Å². The number of hydrogen-bond donors (Lipinski definition) is 2. The van der Waals surface area contributed by atoms with Crippen LogP contribution < -0.4 is 16.1 Å². The van der Waals surface area contributed by atoms with E-state index in [1.165, 1.54) is 13.1 Å². The van der Waals surface area contributed by atoms with Crippen LogP contribution >= 0.6 is 0 Å². The van der Waals surface area contributed by atoms with Crippen LogP contribution in [-0.4, -0.2) is 40.9 Å². The van der Waals surface area contributed by atoms with Crippen molar-refractivity contribution in [2.75, 3.05) is 10.6 Å². The van der Waals surface area contributed by atoms with Crippen molar-refractivity contribution in [3.05, 3.63) is 12.3 Å². The van der Waals surface area contributed by atoms with Gasteiger partial charge in [-0.3, -0.25) is 10.1 Å². The largest absolute Gasteiger partial charge is 0.498 e. The summed E-state index contributed by atoms with van der Waals surface area (Å²) in [4.78, 5) is 27.8. The molecule has 0 bridgehead atoms. The lowest BCUT2D eigenvalue weighted by Crippen LogP contribution is -2.41. The summed E-state index contributed by atoms with van der Waals surface area (Å²) >= 11 is 0. The molecule has 1 aliphatic heterocycles. The first-order valence-corrected chi connectivity index (χ1v) is 8.83. The minimum atomic E-state index is -0.723. The van der Waals surface area contributed by atoms with Crippen LogP contribution in [0.15, 0.2) is 12.3 Å². The molecule has 0 unspecified atom stereocenters. The summed E-state index contributed by atoms with van der Waals surface area (Å²) in [5, 5.41) is 5.29. The van der Waals surface area contributed by atoms with E-state index in [9.17, 15) is 9.59 Å². The minimum Gasteiger partial charge on any atom is -0.444 e. The number of pyridine rings is 1. The molecule has 27 heavy (non-hydrogen) atoms. The summed E-state index contributed by atoms with van der Waals surface area (Å²) in [5.74, 6) is 0.0305. The van der Waals surface area contributed by atoms with E-state index in [1.807, 2.05) is 27.7 Å². The maximum atomic E-state index is 12.3. The number of carbonyl (C=O) groups excluding carboxylic acids is 2. The van der Waals surface area contributed by atoms with Crippen molar-refractivity contribution in [3.63, 3.8) is 0 Å². The molecule has 0 aliphatic carbocycles. The highest BCUT2D eigenvalue weighted by molar-refractivity contribution is 6.64. The van der Waals surface area contributed by atoms with Gasteiger partial charge in [0, 0.05) is 30.3 Å². The molecule has 1 aromatic rings. The number of carbonyl (C=O) groups is 2. The van der Waals surface area contributed by atoms with Gasteiger partial charge in [-0.25, -0.2) is 9.78 Å². The molecule has 2 amide bonds. The lowest BCUT2D eigenvalue weighted by atomic mass is 9.79. The molecular weight excluding hydrogens is 349 g/mol. The molecule has 1 aromatic heterocycles. The van der Waals surface area contributed by atoms with Gasteiger partial charge in [-0.05, 0) is 48.5 Å². The first-order valence-electron chi connectivity index (χ1n) is 8.83. The van der Waals surface area contributed by atoms with E-state index in [0.29, 0.717) is 17.0 Å². The Kier molecular flexibility index (Phi) is 5.59. The Morgan fingerprint density at radius 2 is 1.67 bits per heavy atom. The van der Waals surface area contributed by atoms with Crippen molar-refractivity contribution in [1.29, 1.82) is 0 Å². The summed E-state index contributed by atoms with van der Waals surface area (Å²) in [5.41, 5.74) is -0.814. The van der Waals surface area contributed by atoms with Crippen molar-refractivity contribution in [2.24, 2.45) is 0 Å². The van der Waals surface area contributed by atoms with Crippen LogP contribution in [0.4, 0.5) is 16.3 Å². The fourth-order valence-electron chi connectivity index (χ4n) is 2.39. The molecule has 2 N–H and O–H groups in total. The summed E-state index contributed by atoms with van der Waals surface area (Å²) in [6.45, 7) is 14.5. The van der Waals surface area contributed by atoms with Gasteiger partial charge < -0.3 is 19.4 Å². The molecule has 0 atom stereocenters. The van der Waals surface area contributed by atoms with Gasteiger partial charge in [0.1, 0.15) is 11.4 Å². The van der Waals surface area contributed by atoms with Crippen molar-refractivity contribution >= 4 is 36.1 Å². The zero-order chi connectivity index (χ0) is 20.6. The van der Waals surface area contributed by atoms with Crippen LogP contribution in [0.1, 0.15) is 55.4 Å². The van der Waals surface area contributed by atoms with Gasteiger partial charge in [0.15, 0.2) is 0 Å². The monoisotopic (exact) mass is 377 g/mol. The Morgan fingerprint density at radius 1 is 1.11 bits per heavy atom. The Morgan fingerprint density at radius 3 is 2.15 bits per heavy atom. The summed E-state index contributed by atoms with van der Waals surface area (Å²) < 4.78 is 17.4. The lowest BCUT2D eigenvalue weighted by Gasteiger charge is -2.32. The fourth-order valence-corrected chi connectivity index (χ4v) is 2.39. The minimum absolute atomic E-state index is 0.269. The molecule has 0 spiro atoms. The standard InChI is InChI=1S/C18H28BN3O5/c1-11(23)21-14-9-13(22-15(24)25-16(2,3)4)12(10-20-14)19-26-17(5,6)18(7,8)27-19/h9-10H,1-8H3,(H2,20,21,22,23,24). The Balaban J connectivity index is 2.36. The third-order valence-electron chi connectivity index (χ3n) is 4.38. The molecule has 0 aromatic carbocycles. The van der Waals surface area contributed by atoms with E-state index in [-0.39, 0.29) is 5.91 Å². The normalized spacial score (nSPS) is 18.1. The Hall–Kier alpha value is -2.13. The molecule has 8 nitrogen and oxygen atoms in total. The Labute approximate surface area is 160 Å². The smallest absolute Gasteiger partial charge is 0.444 e. The molecule has 148 valence electrons. The molecule has 1 aliphatic rings.